The lowest BCUT2D eigenvalue weighted by Crippen LogP contribution is -2.38. The van der Waals surface area contributed by atoms with Gasteiger partial charge in [0.05, 0.1) is 6.42 Å². The summed E-state index contributed by atoms with van der Waals surface area (Å²) in [5, 5.41) is 5.35. The van der Waals surface area contributed by atoms with Crippen molar-refractivity contribution in [1.82, 2.24) is 5.32 Å². The summed E-state index contributed by atoms with van der Waals surface area (Å²) in [5.74, 6) is 1.02. The van der Waals surface area contributed by atoms with Crippen molar-refractivity contribution < 1.29 is 4.79 Å². The van der Waals surface area contributed by atoms with Crippen molar-refractivity contribution >= 4 is 28.3 Å². The summed E-state index contributed by atoms with van der Waals surface area (Å²) in [6, 6.07) is 14.3. The Kier molecular flexibility index (Phi) is 5.63. The zero-order chi connectivity index (χ0) is 15.2. The molecule has 2 rings (SSSR count). The van der Waals surface area contributed by atoms with Crippen molar-refractivity contribution in [2.45, 2.75) is 32.7 Å². The number of carbonyl (C=O) groups excluding carboxylic acids is 1. The molecule has 2 nitrogen and oxygen atoms in total. The number of hydrogen-bond acceptors (Lipinski definition) is 1. The first-order valence-electron chi connectivity index (χ1n) is 7.42. The Hall–Kier alpha value is -1.54. The molecule has 0 aliphatic rings. The summed E-state index contributed by atoms with van der Waals surface area (Å²) < 4.78 is 0. The lowest BCUT2D eigenvalue weighted by atomic mass is 10.0. The maximum atomic E-state index is 12.2. The summed E-state index contributed by atoms with van der Waals surface area (Å²) in [6.45, 7) is 4.27. The third kappa shape index (κ3) is 4.47. The number of nitrogens with one attached hydrogen (secondary N) is 1. The quantitative estimate of drug-likeness (QED) is 0.798. The van der Waals surface area contributed by atoms with Gasteiger partial charge in [-0.2, -0.15) is 0 Å². The van der Waals surface area contributed by atoms with E-state index in [2.05, 4.69) is 37.4 Å². The Morgan fingerprint density at radius 2 is 1.86 bits per heavy atom. The number of rotatable bonds is 6. The molecule has 0 aliphatic carbocycles. The normalized spacial score (nSPS) is 12.6. The minimum Gasteiger partial charge on any atom is -0.352 e. The second-order valence-electron chi connectivity index (χ2n) is 5.86. The highest BCUT2D eigenvalue weighted by atomic mass is 35.5. The van der Waals surface area contributed by atoms with E-state index in [0.717, 1.165) is 17.4 Å². The van der Waals surface area contributed by atoms with E-state index < -0.39 is 0 Å². The highest BCUT2D eigenvalue weighted by Crippen LogP contribution is 2.19. The zero-order valence-electron chi connectivity index (χ0n) is 12.6. The van der Waals surface area contributed by atoms with Crippen molar-refractivity contribution in [2.75, 3.05) is 5.88 Å². The molecule has 1 amide bonds. The van der Waals surface area contributed by atoms with Crippen LogP contribution in [0.3, 0.4) is 0 Å². The van der Waals surface area contributed by atoms with Crippen LogP contribution in [0.25, 0.3) is 10.8 Å². The van der Waals surface area contributed by atoms with Crippen molar-refractivity contribution in [3.8, 4) is 0 Å². The van der Waals surface area contributed by atoms with Gasteiger partial charge < -0.3 is 5.32 Å². The molecule has 0 radical (unpaired) electrons. The molecule has 1 atom stereocenters. The molecule has 0 aliphatic heterocycles. The zero-order valence-corrected chi connectivity index (χ0v) is 13.4. The summed E-state index contributed by atoms with van der Waals surface area (Å²) in [5.41, 5.74) is 1.06. The topological polar surface area (TPSA) is 29.1 Å². The molecule has 3 heteroatoms. The SMILES string of the molecule is CC(C)CC(CCl)NC(=O)Cc1cccc2ccccc12. The molecule has 2 aromatic rings. The van der Waals surface area contributed by atoms with E-state index in [0.29, 0.717) is 18.2 Å². The molecule has 1 N–H and O–H groups in total. The first kappa shape index (κ1) is 15.8. The van der Waals surface area contributed by atoms with Crippen LogP contribution in [0.15, 0.2) is 42.5 Å². The van der Waals surface area contributed by atoms with E-state index in [9.17, 15) is 4.79 Å². The summed E-state index contributed by atoms with van der Waals surface area (Å²) in [7, 11) is 0. The first-order valence-corrected chi connectivity index (χ1v) is 7.95. The molecular formula is C18H22ClNO. The number of benzene rings is 2. The van der Waals surface area contributed by atoms with Crippen LogP contribution in [0.4, 0.5) is 0 Å². The average molecular weight is 304 g/mol. The van der Waals surface area contributed by atoms with Crippen LogP contribution < -0.4 is 5.32 Å². The van der Waals surface area contributed by atoms with E-state index >= 15 is 0 Å². The number of carbonyl (C=O) groups is 1. The van der Waals surface area contributed by atoms with Gasteiger partial charge in [0.25, 0.3) is 0 Å². The Morgan fingerprint density at radius 1 is 1.14 bits per heavy atom. The van der Waals surface area contributed by atoms with E-state index in [4.69, 9.17) is 11.6 Å². The Labute approximate surface area is 131 Å². The summed E-state index contributed by atoms with van der Waals surface area (Å²) in [4.78, 5) is 12.2. The third-order valence-corrected chi connectivity index (χ3v) is 3.91. The predicted octanol–water partition coefficient (Wildman–Crippen LogP) is 4.15. The van der Waals surface area contributed by atoms with E-state index in [1.165, 1.54) is 5.39 Å². The number of amides is 1. The number of fused-ring (bicyclic) bond motifs is 1. The molecular weight excluding hydrogens is 282 g/mol. The minimum absolute atomic E-state index is 0.0395. The lowest BCUT2D eigenvalue weighted by molar-refractivity contribution is -0.121. The highest BCUT2D eigenvalue weighted by molar-refractivity contribution is 6.18. The molecule has 0 saturated heterocycles. The van der Waals surface area contributed by atoms with Gasteiger partial charge in [0.15, 0.2) is 0 Å². The Bertz CT molecular complexity index is 604. The van der Waals surface area contributed by atoms with Crippen molar-refractivity contribution in [3.05, 3.63) is 48.0 Å². The maximum Gasteiger partial charge on any atom is 0.224 e. The molecule has 0 saturated carbocycles. The third-order valence-electron chi connectivity index (χ3n) is 3.54. The van der Waals surface area contributed by atoms with E-state index in [-0.39, 0.29) is 11.9 Å². The fraction of sp³-hybridized carbons (Fsp3) is 0.389. The summed E-state index contributed by atoms with van der Waals surface area (Å²) >= 11 is 5.94. The molecule has 0 fully saturated rings. The number of halogens is 1. The molecule has 2 aromatic carbocycles. The second-order valence-corrected chi connectivity index (χ2v) is 6.17. The van der Waals surface area contributed by atoms with Gasteiger partial charge >= 0.3 is 0 Å². The highest BCUT2D eigenvalue weighted by Gasteiger charge is 2.14. The molecule has 0 heterocycles. The Balaban J connectivity index is 2.07. The van der Waals surface area contributed by atoms with Crippen LogP contribution in [0.1, 0.15) is 25.8 Å². The number of hydrogen-bond donors (Lipinski definition) is 1. The van der Waals surface area contributed by atoms with Crippen LogP contribution in [-0.2, 0) is 11.2 Å². The molecule has 0 bridgehead atoms. The van der Waals surface area contributed by atoms with Crippen molar-refractivity contribution in [1.29, 1.82) is 0 Å². The Morgan fingerprint density at radius 3 is 2.57 bits per heavy atom. The predicted molar refractivity (Wildman–Crippen MR) is 89.8 cm³/mol. The van der Waals surface area contributed by atoms with Gasteiger partial charge in [-0.25, -0.2) is 0 Å². The molecule has 21 heavy (non-hydrogen) atoms. The first-order chi connectivity index (χ1) is 10.1. The molecule has 0 aromatic heterocycles. The average Bonchev–Trinajstić information content (AvgIpc) is 2.46. The van der Waals surface area contributed by atoms with Gasteiger partial charge in [0.1, 0.15) is 0 Å². The fourth-order valence-corrected chi connectivity index (χ4v) is 2.83. The molecule has 1 unspecified atom stereocenters. The van der Waals surface area contributed by atoms with Crippen LogP contribution in [-0.4, -0.2) is 17.8 Å². The molecule has 0 spiro atoms. The van der Waals surface area contributed by atoms with Crippen molar-refractivity contribution in [3.63, 3.8) is 0 Å². The van der Waals surface area contributed by atoms with Crippen LogP contribution in [0.5, 0.6) is 0 Å². The van der Waals surface area contributed by atoms with Gasteiger partial charge in [-0.1, -0.05) is 56.3 Å². The standard InChI is InChI=1S/C18H22ClNO/c1-13(2)10-16(12-19)20-18(21)11-15-8-5-7-14-6-3-4-9-17(14)15/h3-9,13,16H,10-12H2,1-2H3,(H,20,21). The van der Waals surface area contributed by atoms with Crippen molar-refractivity contribution in [2.24, 2.45) is 5.92 Å². The minimum atomic E-state index is 0.0395. The van der Waals surface area contributed by atoms with Gasteiger partial charge in [-0.05, 0) is 28.7 Å². The summed E-state index contributed by atoms with van der Waals surface area (Å²) in [6.07, 6.45) is 1.30. The maximum absolute atomic E-state index is 12.2. The second kappa shape index (κ2) is 7.46. The monoisotopic (exact) mass is 303 g/mol. The van der Waals surface area contributed by atoms with Gasteiger partial charge in [0.2, 0.25) is 5.91 Å². The molecule has 112 valence electrons. The van der Waals surface area contributed by atoms with E-state index in [1.54, 1.807) is 0 Å². The van der Waals surface area contributed by atoms with Gasteiger partial charge in [-0.15, -0.1) is 11.6 Å². The number of alkyl halides is 1. The van der Waals surface area contributed by atoms with Gasteiger partial charge in [0, 0.05) is 11.9 Å². The van der Waals surface area contributed by atoms with Crippen LogP contribution in [0, 0.1) is 5.92 Å². The fourth-order valence-electron chi connectivity index (χ4n) is 2.63. The lowest BCUT2D eigenvalue weighted by Gasteiger charge is -2.18. The van der Waals surface area contributed by atoms with Gasteiger partial charge in [-0.3, -0.25) is 4.79 Å². The largest absolute Gasteiger partial charge is 0.352 e. The smallest absolute Gasteiger partial charge is 0.224 e. The van der Waals surface area contributed by atoms with Crippen LogP contribution >= 0.6 is 11.6 Å². The van der Waals surface area contributed by atoms with Crippen LogP contribution in [0.2, 0.25) is 0 Å². The van der Waals surface area contributed by atoms with E-state index in [1.807, 2.05) is 24.3 Å².